The number of nitrogens with one attached hydrogen (secondary N) is 1. The predicted octanol–water partition coefficient (Wildman–Crippen LogP) is 1.93. The van der Waals surface area contributed by atoms with E-state index in [0.29, 0.717) is 5.69 Å². The first-order valence-electron chi connectivity index (χ1n) is 5.51. The second-order valence-corrected chi connectivity index (χ2v) is 4.55. The molecular formula is C13H19NO3. The van der Waals surface area contributed by atoms with E-state index in [4.69, 9.17) is 9.84 Å². The summed E-state index contributed by atoms with van der Waals surface area (Å²) in [6.07, 6.45) is 0.285. The Hall–Kier alpha value is -1.39. The zero-order chi connectivity index (χ0) is 12.9. The molecule has 1 amide bonds. The van der Waals surface area contributed by atoms with E-state index in [1.807, 2.05) is 13.8 Å². The fourth-order valence-electron chi connectivity index (χ4n) is 1.41. The van der Waals surface area contributed by atoms with Gasteiger partial charge in [0.25, 0.3) is 0 Å². The summed E-state index contributed by atoms with van der Waals surface area (Å²) in [6.45, 7) is 3.68. The maximum Gasteiger partial charge on any atom is 0.227 e. The standard InChI is InChI=1S/C13H19NO3/c1-13(2,17-3)8-12(16)14-11-6-4-5-10(7-11)9-15/h4-7,15H,8-9H2,1-3H3,(H,14,16). The molecule has 0 aliphatic heterocycles. The zero-order valence-corrected chi connectivity index (χ0v) is 10.5. The van der Waals surface area contributed by atoms with Gasteiger partial charge in [-0.25, -0.2) is 0 Å². The molecule has 1 aromatic rings. The molecule has 2 N–H and O–H groups in total. The molecule has 0 spiro atoms. The summed E-state index contributed by atoms with van der Waals surface area (Å²) < 4.78 is 5.19. The largest absolute Gasteiger partial charge is 0.392 e. The predicted molar refractivity (Wildman–Crippen MR) is 66.7 cm³/mol. The van der Waals surface area contributed by atoms with Crippen LogP contribution in [0.5, 0.6) is 0 Å². The van der Waals surface area contributed by atoms with Crippen LogP contribution in [0, 0.1) is 0 Å². The summed E-state index contributed by atoms with van der Waals surface area (Å²) >= 11 is 0. The lowest BCUT2D eigenvalue weighted by molar-refractivity contribution is -0.121. The third kappa shape index (κ3) is 4.54. The molecule has 0 aromatic heterocycles. The van der Waals surface area contributed by atoms with Gasteiger partial charge in [0.05, 0.1) is 18.6 Å². The van der Waals surface area contributed by atoms with Crippen LogP contribution in [0.25, 0.3) is 0 Å². The average molecular weight is 237 g/mol. The minimum Gasteiger partial charge on any atom is -0.392 e. The molecule has 17 heavy (non-hydrogen) atoms. The average Bonchev–Trinajstić information content (AvgIpc) is 2.28. The van der Waals surface area contributed by atoms with Gasteiger partial charge in [-0.05, 0) is 31.5 Å². The molecule has 0 fully saturated rings. The molecule has 94 valence electrons. The molecule has 1 rings (SSSR count). The summed E-state index contributed by atoms with van der Waals surface area (Å²) in [7, 11) is 1.58. The minimum atomic E-state index is -0.474. The molecule has 1 aromatic carbocycles. The van der Waals surface area contributed by atoms with Gasteiger partial charge in [0.2, 0.25) is 5.91 Å². The van der Waals surface area contributed by atoms with E-state index in [9.17, 15) is 4.79 Å². The number of hydrogen-bond acceptors (Lipinski definition) is 3. The fraction of sp³-hybridized carbons (Fsp3) is 0.462. The number of rotatable bonds is 5. The number of anilines is 1. The van der Waals surface area contributed by atoms with E-state index in [1.54, 1.807) is 31.4 Å². The van der Waals surface area contributed by atoms with Crippen molar-refractivity contribution >= 4 is 11.6 Å². The third-order valence-corrected chi connectivity index (χ3v) is 2.53. The van der Waals surface area contributed by atoms with Crippen LogP contribution in [0.4, 0.5) is 5.69 Å². The highest BCUT2D eigenvalue weighted by Gasteiger charge is 2.20. The molecule has 4 nitrogen and oxygen atoms in total. The van der Waals surface area contributed by atoms with Crippen molar-refractivity contribution in [1.29, 1.82) is 0 Å². The van der Waals surface area contributed by atoms with Crippen molar-refractivity contribution in [2.45, 2.75) is 32.5 Å². The first-order chi connectivity index (χ1) is 7.96. The zero-order valence-electron chi connectivity index (χ0n) is 10.5. The number of benzene rings is 1. The van der Waals surface area contributed by atoms with Crippen molar-refractivity contribution in [3.05, 3.63) is 29.8 Å². The number of methoxy groups -OCH3 is 1. The van der Waals surface area contributed by atoms with Crippen LogP contribution < -0.4 is 5.32 Å². The number of ether oxygens (including phenoxy) is 1. The normalized spacial score (nSPS) is 11.3. The summed E-state index contributed by atoms with van der Waals surface area (Å²) in [6, 6.07) is 7.13. The third-order valence-electron chi connectivity index (χ3n) is 2.53. The van der Waals surface area contributed by atoms with Gasteiger partial charge in [-0.1, -0.05) is 12.1 Å². The van der Waals surface area contributed by atoms with E-state index in [0.717, 1.165) is 5.56 Å². The molecule has 0 bridgehead atoms. The van der Waals surface area contributed by atoms with Crippen LogP contribution in [0.3, 0.4) is 0 Å². The smallest absolute Gasteiger partial charge is 0.227 e. The number of hydrogen-bond donors (Lipinski definition) is 2. The van der Waals surface area contributed by atoms with Crippen molar-refractivity contribution in [3.63, 3.8) is 0 Å². The van der Waals surface area contributed by atoms with Crippen molar-refractivity contribution in [2.24, 2.45) is 0 Å². The Morgan fingerprint density at radius 2 is 2.18 bits per heavy atom. The molecule has 0 unspecified atom stereocenters. The van der Waals surface area contributed by atoms with Crippen LogP contribution in [0.1, 0.15) is 25.8 Å². The first kappa shape index (κ1) is 13.7. The Labute approximate surface area is 102 Å². The molecule has 0 radical (unpaired) electrons. The number of aliphatic hydroxyl groups excluding tert-OH is 1. The lowest BCUT2D eigenvalue weighted by Gasteiger charge is -2.21. The molecule has 0 atom stereocenters. The minimum absolute atomic E-state index is 0.0344. The fourth-order valence-corrected chi connectivity index (χ4v) is 1.41. The summed E-state index contributed by atoms with van der Waals surface area (Å²) in [5.74, 6) is -0.105. The Morgan fingerprint density at radius 1 is 1.47 bits per heavy atom. The van der Waals surface area contributed by atoms with Gasteiger partial charge in [-0.3, -0.25) is 4.79 Å². The summed E-state index contributed by atoms with van der Waals surface area (Å²) in [5, 5.41) is 11.8. The van der Waals surface area contributed by atoms with Crippen LogP contribution in [0.2, 0.25) is 0 Å². The second-order valence-electron chi connectivity index (χ2n) is 4.55. The van der Waals surface area contributed by atoms with Gasteiger partial charge in [0.1, 0.15) is 0 Å². The Morgan fingerprint density at radius 3 is 2.76 bits per heavy atom. The van der Waals surface area contributed by atoms with E-state index in [1.165, 1.54) is 0 Å². The van der Waals surface area contributed by atoms with Crippen molar-refractivity contribution in [2.75, 3.05) is 12.4 Å². The summed E-state index contributed by atoms with van der Waals surface area (Å²) in [4.78, 5) is 11.7. The SMILES string of the molecule is COC(C)(C)CC(=O)Nc1cccc(CO)c1. The van der Waals surface area contributed by atoms with Crippen LogP contribution in [-0.4, -0.2) is 23.7 Å². The number of carbonyl (C=O) groups is 1. The quantitative estimate of drug-likeness (QED) is 0.822. The van der Waals surface area contributed by atoms with E-state index < -0.39 is 5.60 Å². The van der Waals surface area contributed by atoms with Crippen molar-refractivity contribution < 1.29 is 14.6 Å². The highest BCUT2D eigenvalue weighted by molar-refractivity contribution is 5.91. The molecule has 0 saturated carbocycles. The maximum atomic E-state index is 11.7. The van der Waals surface area contributed by atoms with Gasteiger partial charge in [0, 0.05) is 12.8 Å². The van der Waals surface area contributed by atoms with Crippen LogP contribution in [0.15, 0.2) is 24.3 Å². The van der Waals surface area contributed by atoms with Gasteiger partial charge < -0.3 is 15.2 Å². The van der Waals surface area contributed by atoms with Crippen molar-refractivity contribution in [1.82, 2.24) is 0 Å². The van der Waals surface area contributed by atoms with E-state index in [-0.39, 0.29) is 18.9 Å². The molecule has 4 heteroatoms. The number of aliphatic hydroxyl groups is 1. The van der Waals surface area contributed by atoms with Gasteiger partial charge in [-0.2, -0.15) is 0 Å². The Kier molecular flexibility index (Phi) is 4.66. The first-order valence-corrected chi connectivity index (χ1v) is 5.51. The van der Waals surface area contributed by atoms with Crippen molar-refractivity contribution in [3.8, 4) is 0 Å². The van der Waals surface area contributed by atoms with Gasteiger partial charge in [0.15, 0.2) is 0 Å². The second kappa shape index (κ2) is 5.80. The van der Waals surface area contributed by atoms with Crippen LogP contribution in [-0.2, 0) is 16.1 Å². The lowest BCUT2D eigenvalue weighted by atomic mass is 10.0. The molecule has 0 saturated heterocycles. The Balaban J connectivity index is 2.62. The topological polar surface area (TPSA) is 58.6 Å². The molecule has 0 aliphatic carbocycles. The maximum absolute atomic E-state index is 11.7. The van der Waals surface area contributed by atoms with Gasteiger partial charge in [-0.15, -0.1) is 0 Å². The highest BCUT2D eigenvalue weighted by Crippen LogP contribution is 2.16. The van der Waals surface area contributed by atoms with E-state index >= 15 is 0 Å². The lowest BCUT2D eigenvalue weighted by Crippen LogP contribution is -2.29. The van der Waals surface area contributed by atoms with Gasteiger partial charge >= 0.3 is 0 Å². The molecule has 0 aliphatic rings. The summed E-state index contributed by atoms with van der Waals surface area (Å²) in [5.41, 5.74) is 0.987. The van der Waals surface area contributed by atoms with E-state index in [2.05, 4.69) is 5.32 Å². The highest BCUT2D eigenvalue weighted by atomic mass is 16.5. The monoisotopic (exact) mass is 237 g/mol. The number of carbonyl (C=O) groups excluding carboxylic acids is 1. The van der Waals surface area contributed by atoms with Crippen LogP contribution >= 0.6 is 0 Å². The molecule has 0 heterocycles. The Bertz CT molecular complexity index is 388. The number of amides is 1. The molecular weight excluding hydrogens is 218 g/mol.